The summed E-state index contributed by atoms with van der Waals surface area (Å²) in [7, 11) is 0. The van der Waals surface area contributed by atoms with Crippen molar-refractivity contribution in [3.8, 4) is 0 Å². The molecule has 0 aliphatic carbocycles. The predicted octanol–water partition coefficient (Wildman–Crippen LogP) is 1.78. The molecule has 2 atom stereocenters. The fourth-order valence-corrected chi connectivity index (χ4v) is 2.78. The molecule has 3 heterocycles. The number of hydrogen-bond donors (Lipinski definition) is 0. The third-order valence-electron chi connectivity index (χ3n) is 3.92. The van der Waals surface area contributed by atoms with Crippen LogP contribution in [0.2, 0.25) is 0 Å². The highest BCUT2D eigenvalue weighted by Crippen LogP contribution is 2.38. The van der Waals surface area contributed by atoms with Crippen LogP contribution in [0.3, 0.4) is 0 Å². The van der Waals surface area contributed by atoms with Gasteiger partial charge in [-0.15, -0.1) is 0 Å². The first kappa shape index (κ1) is 12.7. The summed E-state index contributed by atoms with van der Waals surface area (Å²) in [5, 5.41) is 0. The lowest BCUT2D eigenvalue weighted by Crippen LogP contribution is -2.80. The fraction of sp³-hybridized carbons (Fsp3) is 0.667. The van der Waals surface area contributed by atoms with Gasteiger partial charge < -0.3 is 4.90 Å². The van der Waals surface area contributed by atoms with E-state index in [2.05, 4.69) is 28.7 Å². The van der Waals surface area contributed by atoms with Gasteiger partial charge in [0.1, 0.15) is 5.82 Å². The molecule has 2 saturated heterocycles. The van der Waals surface area contributed by atoms with E-state index in [4.69, 9.17) is 0 Å². The van der Waals surface area contributed by atoms with Gasteiger partial charge in [0, 0.05) is 25.2 Å². The predicted molar refractivity (Wildman–Crippen MR) is 63.8 cm³/mol. The third kappa shape index (κ3) is 1.96. The fourth-order valence-electron chi connectivity index (χ4n) is 2.78. The molecular weight excluding hydrogens is 257 g/mol. The standard InChI is InChI=1S/C12H15F3N4/c1-7(2)18-5-9-8(18)6-19(9)11-4-16-3-10(17-11)12(13,14)15/h3-4,7-9H,5-6H2,1-2H3. The van der Waals surface area contributed by atoms with E-state index in [1.54, 1.807) is 0 Å². The molecule has 0 aromatic carbocycles. The first-order chi connectivity index (χ1) is 8.88. The summed E-state index contributed by atoms with van der Waals surface area (Å²) in [4.78, 5) is 11.6. The number of hydrogen-bond acceptors (Lipinski definition) is 4. The first-order valence-corrected chi connectivity index (χ1v) is 6.29. The van der Waals surface area contributed by atoms with E-state index < -0.39 is 11.9 Å². The van der Waals surface area contributed by atoms with Crippen LogP contribution >= 0.6 is 0 Å². The molecule has 0 saturated carbocycles. The van der Waals surface area contributed by atoms with Gasteiger partial charge in [0.2, 0.25) is 0 Å². The van der Waals surface area contributed by atoms with Crippen molar-refractivity contribution in [3.05, 3.63) is 18.1 Å². The Balaban J connectivity index is 1.73. The quantitative estimate of drug-likeness (QED) is 0.821. The monoisotopic (exact) mass is 272 g/mol. The molecular formula is C12H15F3N4. The van der Waals surface area contributed by atoms with Crippen molar-refractivity contribution >= 4 is 5.82 Å². The van der Waals surface area contributed by atoms with Crippen molar-refractivity contribution in [2.75, 3.05) is 18.0 Å². The summed E-state index contributed by atoms with van der Waals surface area (Å²) in [5.74, 6) is 0.333. The lowest BCUT2D eigenvalue weighted by Gasteiger charge is -2.63. The summed E-state index contributed by atoms with van der Waals surface area (Å²) in [6, 6.07) is 1.23. The highest BCUT2D eigenvalue weighted by Gasteiger charge is 2.52. The summed E-state index contributed by atoms with van der Waals surface area (Å²) in [5.41, 5.74) is -0.923. The molecule has 0 spiro atoms. The molecule has 104 valence electrons. The summed E-state index contributed by atoms with van der Waals surface area (Å²) in [6.45, 7) is 5.88. The average Bonchev–Trinajstić information content (AvgIpc) is 2.30. The van der Waals surface area contributed by atoms with Gasteiger partial charge in [-0.2, -0.15) is 13.2 Å². The van der Waals surface area contributed by atoms with Crippen molar-refractivity contribution in [3.63, 3.8) is 0 Å². The molecule has 2 fully saturated rings. The largest absolute Gasteiger partial charge is 0.434 e. The molecule has 19 heavy (non-hydrogen) atoms. The zero-order chi connectivity index (χ0) is 13.8. The van der Waals surface area contributed by atoms with Crippen LogP contribution in [0.4, 0.5) is 19.0 Å². The van der Waals surface area contributed by atoms with E-state index in [0.717, 1.165) is 19.3 Å². The zero-order valence-electron chi connectivity index (χ0n) is 10.7. The molecule has 1 aromatic heterocycles. The minimum absolute atomic E-state index is 0.292. The van der Waals surface area contributed by atoms with Crippen LogP contribution < -0.4 is 4.90 Å². The molecule has 3 rings (SSSR count). The maximum Gasteiger partial charge on any atom is 0.434 e. The smallest absolute Gasteiger partial charge is 0.348 e. The maximum atomic E-state index is 12.6. The number of fused-ring (bicyclic) bond motifs is 1. The molecule has 2 unspecified atom stereocenters. The summed E-state index contributed by atoms with van der Waals surface area (Å²) in [6.07, 6.45) is -2.26. The van der Waals surface area contributed by atoms with Crippen LogP contribution in [0.1, 0.15) is 19.5 Å². The second-order valence-corrected chi connectivity index (χ2v) is 5.34. The molecule has 2 aliphatic rings. The Labute approximate surface area is 109 Å². The van der Waals surface area contributed by atoms with Gasteiger partial charge in [0.05, 0.1) is 18.4 Å². The zero-order valence-corrected chi connectivity index (χ0v) is 10.7. The number of alkyl halides is 3. The molecule has 0 amide bonds. The van der Waals surface area contributed by atoms with E-state index in [-0.39, 0.29) is 0 Å². The van der Waals surface area contributed by atoms with E-state index in [1.165, 1.54) is 6.20 Å². The second kappa shape index (κ2) is 4.06. The van der Waals surface area contributed by atoms with Crippen LogP contribution in [0.15, 0.2) is 12.4 Å². The topological polar surface area (TPSA) is 32.3 Å². The molecule has 1 aromatic rings. The number of rotatable bonds is 2. The lowest BCUT2D eigenvalue weighted by atomic mass is 9.84. The van der Waals surface area contributed by atoms with Crippen LogP contribution in [0, 0.1) is 0 Å². The minimum Gasteiger partial charge on any atom is -0.348 e. The lowest BCUT2D eigenvalue weighted by molar-refractivity contribution is -0.141. The van der Waals surface area contributed by atoms with Crippen LogP contribution in [-0.2, 0) is 6.18 Å². The normalized spacial score (nSPS) is 26.9. The number of anilines is 1. The number of halogens is 3. The van der Waals surface area contributed by atoms with Crippen molar-refractivity contribution in [1.29, 1.82) is 0 Å². The van der Waals surface area contributed by atoms with Crippen LogP contribution in [0.5, 0.6) is 0 Å². The molecule has 7 heteroatoms. The van der Waals surface area contributed by atoms with Crippen molar-refractivity contribution in [1.82, 2.24) is 14.9 Å². The highest BCUT2D eigenvalue weighted by atomic mass is 19.4. The van der Waals surface area contributed by atoms with Gasteiger partial charge in [-0.1, -0.05) is 0 Å². The van der Waals surface area contributed by atoms with E-state index >= 15 is 0 Å². The molecule has 2 aliphatic heterocycles. The van der Waals surface area contributed by atoms with Crippen molar-refractivity contribution < 1.29 is 13.2 Å². The number of likely N-dealkylation sites (tertiary alicyclic amines) is 1. The first-order valence-electron chi connectivity index (χ1n) is 6.29. The van der Waals surface area contributed by atoms with Gasteiger partial charge in [-0.3, -0.25) is 9.88 Å². The SMILES string of the molecule is CC(C)N1CC2C1CN2c1cncc(C(F)(F)F)n1. The van der Waals surface area contributed by atoms with Gasteiger partial charge in [-0.25, -0.2) is 4.98 Å². The van der Waals surface area contributed by atoms with E-state index in [0.29, 0.717) is 23.9 Å². The van der Waals surface area contributed by atoms with Gasteiger partial charge in [0.25, 0.3) is 0 Å². The average molecular weight is 272 g/mol. The Morgan fingerprint density at radius 1 is 1.21 bits per heavy atom. The van der Waals surface area contributed by atoms with E-state index in [1.807, 2.05) is 4.90 Å². The van der Waals surface area contributed by atoms with Gasteiger partial charge in [0.15, 0.2) is 5.69 Å². The third-order valence-corrected chi connectivity index (χ3v) is 3.92. The van der Waals surface area contributed by atoms with Crippen molar-refractivity contribution in [2.24, 2.45) is 0 Å². The minimum atomic E-state index is -4.43. The molecule has 0 bridgehead atoms. The maximum absolute atomic E-state index is 12.6. The van der Waals surface area contributed by atoms with E-state index in [9.17, 15) is 13.2 Å². The molecule has 4 nitrogen and oxygen atoms in total. The molecule has 0 radical (unpaired) electrons. The summed E-state index contributed by atoms with van der Waals surface area (Å²) >= 11 is 0. The Kier molecular flexibility index (Phi) is 2.70. The number of piperazine rings is 1. The summed E-state index contributed by atoms with van der Waals surface area (Å²) < 4.78 is 37.7. The number of nitrogens with zero attached hydrogens (tertiary/aromatic N) is 4. The Hall–Kier alpha value is -1.37. The number of aromatic nitrogens is 2. The van der Waals surface area contributed by atoms with Crippen LogP contribution in [0.25, 0.3) is 0 Å². The highest BCUT2D eigenvalue weighted by molar-refractivity contribution is 5.46. The Bertz CT molecular complexity index is 488. The van der Waals surface area contributed by atoms with Gasteiger partial charge in [-0.05, 0) is 13.8 Å². The Morgan fingerprint density at radius 3 is 2.47 bits per heavy atom. The van der Waals surface area contributed by atoms with Crippen LogP contribution in [-0.4, -0.2) is 46.1 Å². The molecule has 0 N–H and O–H groups in total. The Morgan fingerprint density at radius 2 is 1.95 bits per heavy atom. The van der Waals surface area contributed by atoms with Crippen molar-refractivity contribution in [2.45, 2.75) is 38.1 Å². The van der Waals surface area contributed by atoms with Gasteiger partial charge >= 0.3 is 6.18 Å². The second-order valence-electron chi connectivity index (χ2n) is 5.34.